The van der Waals surface area contributed by atoms with Gasteiger partial charge >= 0.3 is 51.4 Å². The molecule has 18 heavy (non-hydrogen) atoms. The number of rotatable bonds is 2. The van der Waals surface area contributed by atoms with Crippen molar-refractivity contribution in [3.8, 4) is 0 Å². The zero-order valence-corrected chi connectivity index (χ0v) is 15.0. The predicted octanol–water partition coefficient (Wildman–Crippen LogP) is -0.957. The Hall–Kier alpha value is 0.436. The Bertz CT molecular complexity index is 675. The van der Waals surface area contributed by atoms with Crippen molar-refractivity contribution in [2.45, 2.75) is 31.0 Å². The van der Waals surface area contributed by atoms with Gasteiger partial charge < -0.3 is 17.2 Å². The van der Waals surface area contributed by atoms with Gasteiger partial charge in [-0.1, -0.05) is 6.08 Å². The number of hydrogen-bond donors (Lipinski definition) is 0. The fourth-order valence-corrected chi connectivity index (χ4v) is 3.91. The van der Waals surface area contributed by atoms with Crippen molar-refractivity contribution in [2.24, 2.45) is 0 Å². The van der Waals surface area contributed by atoms with E-state index in [0.29, 0.717) is 11.7 Å². The molecular formula is C12H11KN2OS2. The first-order valence-electron chi connectivity index (χ1n) is 5.55. The van der Waals surface area contributed by atoms with Gasteiger partial charge in [-0.15, -0.1) is 17.9 Å². The van der Waals surface area contributed by atoms with E-state index in [-0.39, 0.29) is 56.9 Å². The summed E-state index contributed by atoms with van der Waals surface area (Å²) in [5.74, 6) is 0. The molecule has 0 saturated heterocycles. The monoisotopic (exact) mass is 302 g/mol. The van der Waals surface area contributed by atoms with Gasteiger partial charge in [0.15, 0.2) is 0 Å². The van der Waals surface area contributed by atoms with Gasteiger partial charge in [-0.2, -0.15) is 0 Å². The Morgan fingerprint density at radius 3 is 3.00 bits per heavy atom. The van der Waals surface area contributed by atoms with Crippen LogP contribution < -0.4 is 56.9 Å². The SMILES string of the molecule is C=CCn1c([S-])nc2sc3c(c2c1=O)CCC3.[K+]. The van der Waals surface area contributed by atoms with Crippen LogP contribution in [0.5, 0.6) is 0 Å². The number of aryl methyl sites for hydroxylation is 2. The summed E-state index contributed by atoms with van der Waals surface area (Å²) in [4.78, 5) is 18.9. The Morgan fingerprint density at radius 1 is 1.50 bits per heavy atom. The number of hydrogen-bond acceptors (Lipinski definition) is 4. The molecule has 1 aliphatic rings. The molecule has 0 fully saturated rings. The second-order valence-electron chi connectivity index (χ2n) is 4.14. The maximum Gasteiger partial charge on any atom is 1.00 e. The molecule has 1 aliphatic carbocycles. The first-order chi connectivity index (χ1) is 8.22. The van der Waals surface area contributed by atoms with Crippen LogP contribution in [0.4, 0.5) is 0 Å². The number of fused-ring (bicyclic) bond motifs is 3. The van der Waals surface area contributed by atoms with Gasteiger partial charge in [-0.3, -0.25) is 4.79 Å². The average Bonchev–Trinajstić information content (AvgIpc) is 2.83. The van der Waals surface area contributed by atoms with Gasteiger partial charge in [-0.05, 0) is 30.0 Å². The van der Waals surface area contributed by atoms with E-state index >= 15 is 0 Å². The number of allylic oxidation sites excluding steroid dienone is 1. The molecule has 0 N–H and O–H groups in total. The van der Waals surface area contributed by atoms with Crippen molar-refractivity contribution in [3.05, 3.63) is 33.4 Å². The first-order valence-corrected chi connectivity index (χ1v) is 6.78. The summed E-state index contributed by atoms with van der Waals surface area (Å²) in [7, 11) is 0. The van der Waals surface area contributed by atoms with Gasteiger partial charge in [0, 0.05) is 11.4 Å². The van der Waals surface area contributed by atoms with E-state index < -0.39 is 0 Å². The minimum absolute atomic E-state index is 0. The van der Waals surface area contributed by atoms with Crippen molar-refractivity contribution >= 4 is 34.2 Å². The van der Waals surface area contributed by atoms with Crippen LogP contribution in [0.15, 0.2) is 22.6 Å². The van der Waals surface area contributed by atoms with Gasteiger partial charge in [0.25, 0.3) is 5.56 Å². The van der Waals surface area contributed by atoms with E-state index in [9.17, 15) is 4.79 Å². The molecule has 3 nitrogen and oxygen atoms in total. The Balaban J connectivity index is 0.00000120. The Morgan fingerprint density at radius 2 is 2.28 bits per heavy atom. The zero-order chi connectivity index (χ0) is 12.0. The molecule has 2 heterocycles. The van der Waals surface area contributed by atoms with Crippen molar-refractivity contribution in [1.82, 2.24) is 9.55 Å². The van der Waals surface area contributed by atoms with Crippen LogP contribution in [0.1, 0.15) is 16.9 Å². The molecule has 0 aromatic carbocycles. The fourth-order valence-electron chi connectivity index (χ4n) is 2.35. The van der Waals surface area contributed by atoms with E-state index in [1.54, 1.807) is 17.4 Å². The van der Waals surface area contributed by atoms with Crippen molar-refractivity contribution < 1.29 is 51.4 Å². The molecule has 6 heteroatoms. The molecule has 0 saturated carbocycles. The molecule has 0 atom stereocenters. The van der Waals surface area contributed by atoms with Crippen LogP contribution >= 0.6 is 11.3 Å². The van der Waals surface area contributed by atoms with Crippen LogP contribution in [0.25, 0.3) is 10.2 Å². The van der Waals surface area contributed by atoms with Gasteiger partial charge in [0.1, 0.15) is 4.83 Å². The van der Waals surface area contributed by atoms with E-state index in [1.807, 2.05) is 0 Å². The number of nitrogens with zero attached hydrogens (tertiary/aromatic N) is 2. The summed E-state index contributed by atoms with van der Waals surface area (Å²) in [6, 6.07) is 0. The summed E-state index contributed by atoms with van der Waals surface area (Å²) in [5, 5.41) is 1.15. The normalized spacial score (nSPS) is 13.3. The third-order valence-corrected chi connectivity index (χ3v) is 4.60. The second-order valence-corrected chi connectivity index (χ2v) is 5.59. The molecular weight excluding hydrogens is 291 g/mol. The van der Waals surface area contributed by atoms with Crippen LogP contribution in [0, 0.1) is 0 Å². The Labute approximate surface area is 157 Å². The summed E-state index contributed by atoms with van der Waals surface area (Å²) in [6.07, 6.45) is 4.89. The summed E-state index contributed by atoms with van der Waals surface area (Å²) in [6.45, 7) is 4.08. The van der Waals surface area contributed by atoms with E-state index in [0.717, 1.165) is 29.5 Å². The number of aromatic nitrogens is 2. The zero-order valence-electron chi connectivity index (χ0n) is 10.2. The van der Waals surface area contributed by atoms with Crippen LogP contribution in [0.2, 0.25) is 0 Å². The molecule has 0 bridgehead atoms. The van der Waals surface area contributed by atoms with Crippen molar-refractivity contribution in [3.63, 3.8) is 0 Å². The number of thiophene rings is 1. The third kappa shape index (κ3) is 2.28. The predicted molar refractivity (Wildman–Crippen MR) is 71.7 cm³/mol. The standard InChI is InChI=1S/C12H12N2OS2.K/c1-2-6-14-11(15)9-7-4-3-5-8(7)17-10(9)13-12(14)16;/h2H,1,3-6H2,(H,13,16);/q;+1/p-1. The topological polar surface area (TPSA) is 34.9 Å². The smallest absolute Gasteiger partial charge is 0.742 e. The molecule has 0 spiro atoms. The molecule has 2 aromatic rings. The third-order valence-electron chi connectivity index (χ3n) is 3.10. The quantitative estimate of drug-likeness (QED) is 0.310. The van der Waals surface area contributed by atoms with E-state index in [2.05, 4.69) is 11.6 Å². The average molecular weight is 302 g/mol. The van der Waals surface area contributed by atoms with Crippen molar-refractivity contribution in [1.29, 1.82) is 0 Å². The van der Waals surface area contributed by atoms with Crippen molar-refractivity contribution in [2.75, 3.05) is 0 Å². The van der Waals surface area contributed by atoms with E-state index in [4.69, 9.17) is 12.6 Å². The molecule has 0 amide bonds. The van der Waals surface area contributed by atoms with Crippen LogP contribution in [-0.4, -0.2) is 9.55 Å². The second kappa shape index (κ2) is 5.83. The summed E-state index contributed by atoms with van der Waals surface area (Å²) in [5.41, 5.74) is 1.20. The van der Waals surface area contributed by atoms with Gasteiger partial charge in [-0.25, -0.2) is 4.98 Å². The van der Waals surface area contributed by atoms with E-state index in [1.165, 1.54) is 15.0 Å². The molecule has 2 aromatic heterocycles. The molecule has 0 unspecified atom stereocenters. The molecule has 3 rings (SSSR count). The largest absolute Gasteiger partial charge is 1.00 e. The first kappa shape index (κ1) is 14.8. The molecule has 0 radical (unpaired) electrons. The minimum atomic E-state index is -0.000648. The minimum Gasteiger partial charge on any atom is -0.742 e. The fraction of sp³-hybridized carbons (Fsp3) is 0.333. The maximum absolute atomic E-state index is 12.4. The van der Waals surface area contributed by atoms with Gasteiger partial charge in [0.2, 0.25) is 0 Å². The van der Waals surface area contributed by atoms with Gasteiger partial charge in [0.05, 0.1) is 5.39 Å². The van der Waals surface area contributed by atoms with Crippen LogP contribution in [-0.2, 0) is 32.0 Å². The summed E-state index contributed by atoms with van der Waals surface area (Å²) < 4.78 is 1.52. The Kier molecular flexibility index (Phi) is 4.80. The maximum atomic E-state index is 12.4. The summed E-state index contributed by atoms with van der Waals surface area (Å²) >= 11 is 6.77. The van der Waals surface area contributed by atoms with Crippen LogP contribution in [0.3, 0.4) is 0 Å². The molecule has 88 valence electrons. The molecule has 0 aliphatic heterocycles.